The fourth-order valence-electron chi connectivity index (χ4n) is 5.64. The number of carbonyl (C=O) groups excluding carboxylic acids is 1. The summed E-state index contributed by atoms with van der Waals surface area (Å²) in [6, 6.07) is 11.2. The van der Waals surface area contributed by atoms with Gasteiger partial charge in [0.1, 0.15) is 12.1 Å². The first kappa shape index (κ1) is 29.9. The van der Waals surface area contributed by atoms with Crippen molar-refractivity contribution in [3.8, 4) is 17.0 Å². The smallest absolute Gasteiger partial charge is 0.387 e. The number of anilines is 4. The molecule has 10 nitrogen and oxygen atoms in total. The monoisotopic (exact) mass is 590 g/mol. The largest absolute Gasteiger partial charge is 0.433 e. The lowest BCUT2D eigenvalue weighted by Crippen LogP contribution is -2.45. The second-order valence-electron chi connectivity index (χ2n) is 10.3. The van der Waals surface area contributed by atoms with Crippen LogP contribution in [0.1, 0.15) is 26.7 Å². The van der Waals surface area contributed by atoms with Crippen molar-refractivity contribution >= 4 is 39.7 Å². The molecule has 0 aliphatic carbocycles. The van der Waals surface area contributed by atoms with Crippen molar-refractivity contribution in [3.63, 3.8) is 0 Å². The maximum absolute atomic E-state index is 13.6. The number of aryl methyl sites for hydroxylation is 1. The SMILES string of the molecule is C=CC(=O)Nc1cc(Nc2cc(-c3ccc4cnn(C)c4c3)ncn2)c(OC(F)F)cc1N1CCC(N(CC)CC)CC1. The molecule has 2 N–H and O–H groups in total. The van der Waals surface area contributed by atoms with Crippen molar-refractivity contribution < 1.29 is 18.3 Å². The summed E-state index contributed by atoms with van der Waals surface area (Å²) in [5.74, 6) is -0.116. The molecular weight excluding hydrogens is 554 g/mol. The third-order valence-corrected chi connectivity index (χ3v) is 7.87. The minimum absolute atomic E-state index is 0.0658. The van der Waals surface area contributed by atoms with E-state index in [1.54, 1.807) is 29.1 Å². The van der Waals surface area contributed by atoms with E-state index in [1.165, 1.54) is 12.4 Å². The van der Waals surface area contributed by atoms with E-state index in [1.807, 2.05) is 25.2 Å². The van der Waals surface area contributed by atoms with Gasteiger partial charge in [-0.05, 0) is 44.1 Å². The van der Waals surface area contributed by atoms with Gasteiger partial charge >= 0.3 is 6.61 Å². The minimum atomic E-state index is -3.05. The van der Waals surface area contributed by atoms with Gasteiger partial charge in [-0.1, -0.05) is 32.6 Å². The first-order chi connectivity index (χ1) is 20.8. The van der Waals surface area contributed by atoms with Crippen LogP contribution in [-0.2, 0) is 11.8 Å². The van der Waals surface area contributed by atoms with Crippen LogP contribution < -0.4 is 20.3 Å². The van der Waals surface area contributed by atoms with E-state index in [2.05, 4.69) is 55.9 Å². The number of halogens is 2. The fourth-order valence-corrected chi connectivity index (χ4v) is 5.64. The highest BCUT2D eigenvalue weighted by molar-refractivity contribution is 6.02. The summed E-state index contributed by atoms with van der Waals surface area (Å²) < 4.78 is 34.0. The van der Waals surface area contributed by atoms with Crippen molar-refractivity contribution in [2.75, 3.05) is 41.7 Å². The van der Waals surface area contributed by atoms with Crippen LogP contribution in [0.4, 0.5) is 31.7 Å². The fraction of sp³-hybridized carbons (Fsp3) is 0.355. The Morgan fingerprint density at radius 1 is 1.14 bits per heavy atom. The molecule has 0 radical (unpaired) electrons. The molecule has 43 heavy (non-hydrogen) atoms. The molecule has 0 atom stereocenters. The quantitative estimate of drug-likeness (QED) is 0.211. The molecule has 226 valence electrons. The van der Waals surface area contributed by atoms with E-state index in [0.29, 0.717) is 42.0 Å². The van der Waals surface area contributed by atoms with Crippen LogP contribution in [-0.4, -0.2) is 69.4 Å². The molecule has 0 bridgehead atoms. The molecule has 2 aromatic heterocycles. The summed E-state index contributed by atoms with van der Waals surface area (Å²) in [7, 11) is 1.86. The van der Waals surface area contributed by atoms with Crippen LogP contribution >= 0.6 is 0 Å². The molecule has 1 amide bonds. The van der Waals surface area contributed by atoms with Gasteiger partial charge in [0.25, 0.3) is 0 Å². The lowest BCUT2D eigenvalue weighted by molar-refractivity contribution is -0.111. The van der Waals surface area contributed by atoms with E-state index >= 15 is 0 Å². The Kier molecular flexibility index (Phi) is 9.15. The first-order valence-electron chi connectivity index (χ1n) is 14.4. The highest BCUT2D eigenvalue weighted by Gasteiger charge is 2.26. The Balaban J connectivity index is 1.48. The highest BCUT2D eigenvalue weighted by Crippen LogP contribution is 2.40. The topological polar surface area (TPSA) is 100 Å². The number of fused-ring (bicyclic) bond motifs is 1. The highest BCUT2D eigenvalue weighted by atomic mass is 19.3. The molecule has 0 saturated carbocycles. The van der Waals surface area contributed by atoms with Gasteiger partial charge in [-0.2, -0.15) is 13.9 Å². The Bertz CT molecular complexity index is 1600. The average Bonchev–Trinajstić information content (AvgIpc) is 3.39. The molecule has 1 fully saturated rings. The van der Waals surface area contributed by atoms with Crippen LogP contribution in [0.15, 0.2) is 61.6 Å². The number of amides is 1. The van der Waals surface area contributed by atoms with Crippen LogP contribution in [0.3, 0.4) is 0 Å². The van der Waals surface area contributed by atoms with Gasteiger partial charge in [0.15, 0.2) is 5.75 Å². The van der Waals surface area contributed by atoms with E-state index in [9.17, 15) is 13.6 Å². The number of nitrogens with one attached hydrogen (secondary N) is 2. The number of carbonyl (C=O) groups is 1. The lowest BCUT2D eigenvalue weighted by atomic mass is 10.0. The zero-order valence-electron chi connectivity index (χ0n) is 24.6. The summed E-state index contributed by atoms with van der Waals surface area (Å²) in [5, 5.41) is 11.2. The number of alkyl halides is 2. The van der Waals surface area contributed by atoms with Crippen LogP contribution in [0.2, 0.25) is 0 Å². The number of rotatable bonds is 11. The summed E-state index contributed by atoms with van der Waals surface area (Å²) in [6.45, 7) is 8.16. The van der Waals surface area contributed by atoms with E-state index in [-0.39, 0.29) is 11.4 Å². The second kappa shape index (κ2) is 13.2. The molecule has 0 unspecified atom stereocenters. The van der Waals surface area contributed by atoms with Crippen molar-refractivity contribution in [2.24, 2.45) is 7.05 Å². The van der Waals surface area contributed by atoms with Gasteiger partial charge in [0, 0.05) is 49.3 Å². The number of benzene rings is 2. The third kappa shape index (κ3) is 6.75. The first-order valence-corrected chi connectivity index (χ1v) is 14.4. The number of aromatic nitrogens is 4. The van der Waals surface area contributed by atoms with Crippen molar-refractivity contribution in [1.82, 2.24) is 24.6 Å². The molecular formula is C31H36F2N8O2. The summed E-state index contributed by atoms with van der Waals surface area (Å²) in [4.78, 5) is 25.7. The molecule has 12 heteroatoms. The maximum atomic E-state index is 13.6. The van der Waals surface area contributed by atoms with Gasteiger partial charge < -0.3 is 25.2 Å². The molecule has 1 saturated heterocycles. The Hall–Kier alpha value is -4.58. The standard InChI is InChI=1S/C31H36F2N8O2/c1-5-30(42)38-24-15-25(28(43-31(32)33)17-27(24)41-12-10-22(11-13-41)40(6-2)7-3)37-29-16-23(34-19-35-29)20-8-9-21-18-36-39(4)26(21)14-20/h5,8-9,14-19,22,31H,1,6-7,10-13H2,2-4H3,(H,38,42)(H,34,35,37). The number of hydrogen-bond acceptors (Lipinski definition) is 8. The van der Waals surface area contributed by atoms with Crippen molar-refractivity contribution in [3.05, 3.63) is 61.6 Å². The van der Waals surface area contributed by atoms with E-state index < -0.39 is 12.5 Å². The van der Waals surface area contributed by atoms with Gasteiger partial charge in [-0.15, -0.1) is 0 Å². The molecule has 1 aliphatic rings. The Labute approximate surface area is 249 Å². The summed E-state index contributed by atoms with van der Waals surface area (Å²) in [6.07, 6.45) is 6.18. The lowest BCUT2D eigenvalue weighted by Gasteiger charge is -2.39. The average molecular weight is 591 g/mol. The minimum Gasteiger partial charge on any atom is -0.433 e. The summed E-state index contributed by atoms with van der Waals surface area (Å²) >= 11 is 0. The van der Waals surface area contributed by atoms with Crippen molar-refractivity contribution in [2.45, 2.75) is 39.3 Å². The molecule has 4 aromatic rings. The maximum Gasteiger partial charge on any atom is 0.387 e. The van der Waals surface area contributed by atoms with Gasteiger partial charge in [-0.25, -0.2) is 9.97 Å². The van der Waals surface area contributed by atoms with Crippen LogP contribution in [0.25, 0.3) is 22.2 Å². The van der Waals surface area contributed by atoms with Gasteiger partial charge in [0.2, 0.25) is 5.91 Å². The zero-order valence-corrected chi connectivity index (χ0v) is 24.6. The normalized spacial score (nSPS) is 14.0. The van der Waals surface area contributed by atoms with E-state index in [0.717, 1.165) is 42.4 Å². The Morgan fingerprint density at radius 3 is 2.60 bits per heavy atom. The van der Waals surface area contributed by atoms with Gasteiger partial charge in [0.05, 0.1) is 34.5 Å². The molecule has 0 spiro atoms. The number of ether oxygens (including phenoxy) is 1. The molecule has 2 aromatic carbocycles. The predicted octanol–water partition coefficient (Wildman–Crippen LogP) is 5.81. The molecule has 3 heterocycles. The number of hydrogen-bond donors (Lipinski definition) is 2. The van der Waals surface area contributed by atoms with Gasteiger partial charge in [-0.3, -0.25) is 9.48 Å². The zero-order chi connectivity index (χ0) is 30.5. The van der Waals surface area contributed by atoms with Crippen LogP contribution in [0.5, 0.6) is 5.75 Å². The third-order valence-electron chi connectivity index (χ3n) is 7.87. The summed E-state index contributed by atoms with van der Waals surface area (Å²) in [5.41, 5.74) is 3.68. The number of piperidine rings is 1. The van der Waals surface area contributed by atoms with Crippen molar-refractivity contribution in [1.29, 1.82) is 0 Å². The predicted molar refractivity (Wildman–Crippen MR) is 165 cm³/mol. The number of nitrogens with zero attached hydrogens (tertiary/aromatic N) is 6. The molecule has 5 rings (SSSR count). The Morgan fingerprint density at radius 2 is 1.91 bits per heavy atom. The van der Waals surface area contributed by atoms with Crippen LogP contribution in [0, 0.1) is 0 Å². The van der Waals surface area contributed by atoms with E-state index in [4.69, 9.17) is 4.74 Å². The molecule has 1 aliphatic heterocycles. The second-order valence-corrected chi connectivity index (χ2v) is 10.3.